The lowest BCUT2D eigenvalue weighted by Gasteiger charge is -2.15. The van der Waals surface area contributed by atoms with E-state index in [-0.39, 0.29) is 5.97 Å². The Hall–Kier alpha value is -0.830. The third-order valence-corrected chi connectivity index (χ3v) is 2.03. The second kappa shape index (κ2) is 8.75. The summed E-state index contributed by atoms with van der Waals surface area (Å²) in [6.07, 6.45) is 4.90. The zero-order valence-corrected chi connectivity index (χ0v) is 9.29. The van der Waals surface area contributed by atoms with Gasteiger partial charge in [0.25, 0.3) is 0 Å². The first kappa shape index (κ1) is 13.2. The molecule has 3 nitrogen and oxygen atoms in total. The maximum absolute atomic E-state index is 10.7. The van der Waals surface area contributed by atoms with Crippen LogP contribution in [0.2, 0.25) is 0 Å². The van der Waals surface area contributed by atoms with Gasteiger partial charge in [0.05, 0.1) is 0 Å². The van der Waals surface area contributed by atoms with Crippen molar-refractivity contribution in [2.45, 2.75) is 26.2 Å². The van der Waals surface area contributed by atoms with Gasteiger partial charge in [-0.2, -0.15) is 0 Å². The Kier molecular flexibility index (Phi) is 8.24. The van der Waals surface area contributed by atoms with E-state index in [0.29, 0.717) is 6.61 Å². The summed E-state index contributed by atoms with van der Waals surface area (Å²) in [7, 11) is 2.04. The van der Waals surface area contributed by atoms with Gasteiger partial charge in [0.15, 0.2) is 0 Å². The summed E-state index contributed by atoms with van der Waals surface area (Å²) >= 11 is 0. The molecule has 0 radical (unpaired) electrons. The minimum Gasteiger partial charge on any atom is -0.461 e. The molecule has 0 bridgehead atoms. The second-order valence-corrected chi connectivity index (χ2v) is 3.38. The first-order chi connectivity index (χ1) is 6.70. The fourth-order valence-corrected chi connectivity index (χ4v) is 1.10. The largest absolute Gasteiger partial charge is 0.461 e. The van der Waals surface area contributed by atoms with Crippen LogP contribution in [0.5, 0.6) is 0 Å². The van der Waals surface area contributed by atoms with Gasteiger partial charge >= 0.3 is 5.97 Å². The van der Waals surface area contributed by atoms with Crippen LogP contribution < -0.4 is 0 Å². The molecule has 0 N–H and O–H groups in total. The average molecular weight is 199 g/mol. The van der Waals surface area contributed by atoms with E-state index in [0.717, 1.165) is 13.1 Å². The fraction of sp³-hybridized carbons (Fsp3) is 0.727. The third kappa shape index (κ3) is 7.80. The highest BCUT2D eigenvalue weighted by atomic mass is 16.5. The fourth-order valence-electron chi connectivity index (χ4n) is 1.10. The van der Waals surface area contributed by atoms with Crippen molar-refractivity contribution in [3.05, 3.63) is 12.7 Å². The number of carbonyl (C=O) groups excluding carboxylic acids is 1. The number of hydrogen-bond acceptors (Lipinski definition) is 3. The van der Waals surface area contributed by atoms with Crippen molar-refractivity contribution in [2.24, 2.45) is 0 Å². The van der Waals surface area contributed by atoms with Crippen LogP contribution >= 0.6 is 0 Å². The summed E-state index contributed by atoms with van der Waals surface area (Å²) < 4.78 is 4.87. The molecule has 0 fully saturated rings. The van der Waals surface area contributed by atoms with Crippen molar-refractivity contribution in [1.29, 1.82) is 0 Å². The highest BCUT2D eigenvalue weighted by Gasteiger charge is 1.99. The number of nitrogens with zero attached hydrogens (tertiary/aromatic N) is 1. The molecule has 0 aromatic rings. The van der Waals surface area contributed by atoms with E-state index < -0.39 is 0 Å². The summed E-state index contributed by atoms with van der Waals surface area (Å²) in [6, 6.07) is 0. The SMILES string of the molecule is C=CC(=O)OCCN(C)CCCCC. The van der Waals surface area contributed by atoms with Crippen LogP contribution in [0.1, 0.15) is 26.2 Å². The Morgan fingerprint density at radius 2 is 2.14 bits per heavy atom. The molecule has 0 rings (SSSR count). The Bertz CT molecular complexity index is 169. The Balaban J connectivity index is 3.30. The summed E-state index contributed by atoms with van der Waals surface area (Å²) in [5, 5.41) is 0. The van der Waals surface area contributed by atoms with E-state index in [1.165, 1.54) is 25.3 Å². The summed E-state index contributed by atoms with van der Waals surface area (Å²) in [4.78, 5) is 12.9. The average Bonchev–Trinajstić information content (AvgIpc) is 2.18. The predicted molar refractivity (Wildman–Crippen MR) is 58.2 cm³/mol. The highest BCUT2D eigenvalue weighted by Crippen LogP contribution is 1.96. The van der Waals surface area contributed by atoms with Crippen molar-refractivity contribution in [2.75, 3.05) is 26.7 Å². The van der Waals surface area contributed by atoms with Gasteiger partial charge in [-0.05, 0) is 20.0 Å². The standard InChI is InChI=1S/C11H21NO2/c1-4-6-7-8-12(3)9-10-14-11(13)5-2/h5H,2,4,6-10H2,1,3H3. The molecule has 0 aromatic carbocycles. The van der Waals surface area contributed by atoms with Crippen molar-refractivity contribution in [3.8, 4) is 0 Å². The van der Waals surface area contributed by atoms with Crippen LogP contribution in [-0.2, 0) is 9.53 Å². The normalized spacial score (nSPS) is 10.2. The smallest absolute Gasteiger partial charge is 0.330 e. The summed E-state index contributed by atoms with van der Waals surface area (Å²) in [5.74, 6) is -0.341. The van der Waals surface area contributed by atoms with Gasteiger partial charge in [0, 0.05) is 12.6 Å². The third-order valence-electron chi connectivity index (χ3n) is 2.03. The van der Waals surface area contributed by atoms with E-state index in [2.05, 4.69) is 18.4 Å². The van der Waals surface area contributed by atoms with Gasteiger partial charge in [0.2, 0.25) is 0 Å². The molecule has 0 unspecified atom stereocenters. The molecule has 0 aliphatic carbocycles. The molecule has 82 valence electrons. The molecule has 0 heterocycles. The topological polar surface area (TPSA) is 29.5 Å². The molecule has 0 aliphatic rings. The Morgan fingerprint density at radius 1 is 1.43 bits per heavy atom. The monoisotopic (exact) mass is 199 g/mol. The number of unbranched alkanes of at least 4 members (excludes halogenated alkanes) is 2. The van der Waals surface area contributed by atoms with E-state index >= 15 is 0 Å². The first-order valence-corrected chi connectivity index (χ1v) is 5.18. The molecule has 0 spiro atoms. The molecular weight excluding hydrogens is 178 g/mol. The van der Waals surface area contributed by atoms with Gasteiger partial charge in [-0.3, -0.25) is 0 Å². The second-order valence-electron chi connectivity index (χ2n) is 3.38. The van der Waals surface area contributed by atoms with Crippen LogP contribution in [0.4, 0.5) is 0 Å². The number of hydrogen-bond donors (Lipinski definition) is 0. The van der Waals surface area contributed by atoms with Gasteiger partial charge in [-0.1, -0.05) is 26.3 Å². The van der Waals surface area contributed by atoms with Crippen molar-refractivity contribution in [3.63, 3.8) is 0 Å². The van der Waals surface area contributed by atoms with E-state index in [1.807, 2.05) is 7.05 Å². The van der Waals surface area contributed by atoms with Crippen molar-refractivity contribution >= 4 is 5.97 Å². The maximum Gasteiger partial charge on any atom is 0.330 e. The lowest BCUT2D eigenvalue weighted by Crippen LogP contribution is -2.25. The van der Waals surface area contributed by atoms with Crippen LogP contribution in [0, 0.1) is 0 Å². The van der Waals surface area contributed by atoms with Gasteiger partial charge in [0.1, 0.15) is 6.61 Å². The molecule has 0 aromatic heterocycles. The van der Waals surface area contributed by atoms with E-state index in [4.69, 9.17) is 4.74 Å². The number of carbonyl (C=O) groups is 1. The predicted octanol–water partition coefficient (Wildman–Crippen LogP) is 1.84. The zero-order chi connectivity index (χ0) is 10.8. The Labute approximate surface area is 86.7 Å². The Morgan fingerprint density at radius 3 is 2.71 bits per heavy atom. The number of esters is 1. The number of likely N-dealkylation sites (N-methyl/N-ethyl adjacent to an activating group) is 1. The number of rotatable bonds is 8. The molecule has 0 saturated heterocycles. The number of ether oxygens (including phenoxy) is 1. The van der Waals surface area contributed by atoms with Crippen LogP contribution in [0.25, 0.3) is 0 Å². The zero-order valence-electron chi connectivity index (χ0n) is 9.29. The molecule has 0 saturated carbocycles. The lowest BCUT2D eigenvalue weighted by molar-refractivity contribution is -0.138. The molecule has 14 heavy (non-hydrogen) atoms. The van der Waals surface area contributed by atoms with Crippen LogP contribution in [0.3, 0.4) is 0 Å². The van der Waals surface area contributed by atoms with E-state index in [1.54, 1.807) is 0 Å². The van der Waals surface area contributed by atoms with E-state index in [9.17, 15) is 4.79 Å². The first-order valence-electron chi connectivity index (χ1n) is 5.18. The van der Waals surface area contributed by atoms with Crippen molar-refractivity contribution < 1.29 is 9.53 Å². The molecule has 0 amide bonds. The minimum absolute atomic E-state index is 0.341. The van der Waals surface area contributed by atoms with Gasteiger partial charge < -0.3 is 9.64 Å². The summed E-state index contributed by atoms with van der Waals surface area (Å²) in [6.45, 7) is 7.83. The lowest BCUT2D eigenvalue weighted by atomic mass is 10.2. The maximum atomic E-state index is 10.7. The van der Waals surface area contributed by atoms with Crippen LogP contribution in [0.15, 0.2) is 12.7 Å². The minimum atomic E-state index is -0.341. The van der Waals surface area contributed by atoms with Gasteiger partial charge in [-0.15, -0.1) is 0 Å². The highest BCUT2D eigenvalue weighted by molar-refractivity contribution is 5.81. The van der Waals surface area contributed by atoms with Crippen LogP contribution in [-0.4, -0.2) is 37.6 Å². The van der Waals surface area contributed by atoms with Gasteiger partial charge in [-0.25, -0.2) is 4.79 Å². The van der Waals surface area contributed by atoms with Crippen molar-refractivity contribution in [1.82, 2.24) is 4.90 Å². The molecular formula is C11H21NO2. The molecule has 0 aliphatic heterocycles. The molecule has 3 heteroatoms. The quantitative estimate of drug-likeness (QED) is 0.339. The summed E-state index contributed by atoms with van der Waals surface area (Å²) in [5.41, 5.74) is 0. The molecule has 0 atom stereocenters.